The molecule has 0 bridgehead atoms. The van der Waals surface area contributed by atoms with Crippen LogP contribution in [0.25, 0.3) is 0 Å². The lowest BCUT2D eigenvalue weighted by Crippen LogP contribution is -2.52. The van der Waals surface area contributed by atoms with Crippen LogP contribution in [0.2, 0.25) is 5.02 Å². The van der Waals surface area contributed by atoms with E-state index in [1.807, 2.05) is 0 Å². The van der Waals surface area contributed by atoms with Gasteiger partial charge in [-0.05, 0) is 18.2 Å². The summed E-state index contributed by atoms with van der Waals surface area (Å²) in [6, 6.07) is 7.11. The number of aromatic nitrogens is 3. The Balaban J connectivity index is 1.56. The van der Waals surface area contributed by atoms with E-state index in [0.29, 0.717) is 23.8 Å². The predicted octanol–water partition coefficient (Wildman–Crippen LogP) is 2.02. The monoisotopic (exact) mass is 277 g/mol. The van der Waals surface area contributed by atoms with Gasteiger partial charge in [-0.15, -0.1) is 0 Å². The van der Waals surface area contributed by atoms with Gasteiger partial charge < -0.3 is 10.2 Å². The zero-order valence-electron chi connectivity index (χ0n) is 10.0. The largest absolute Gasteiger partial charge is 0.321 e. The third-order valence-electron chi connectivity index (χ3n) is 2.99. The Hall–Kier alpha value is -2.08. The second-order valence-electron chi connectivity index (χ2n) is 4.35. The Morgan fingerprint density at radius 2 is 2.05 bits per heavy atom. The topological polar surface area (TPSA) is 63.1 Å². The summed E-state index contributed by atoms with van der Waals surface area (Å²) in [6.07, 6.45) is 3.27. The molecule has 1 N–H and O–H groups in total. The number of carbonyl (C=O) groups is 1. The highest BCUT2D eigenvalue weighted by Crippen LogP contribution is 2.21. The molecular formula is C12H12ClN5O. The lowest BCUT2D eigenvalue weighted by molar-refractivity contribution is 0.119. The molecule has 2 aromatic rings. The highest BCUT2D eigenvalue weighted by atomic mass is 35.5. The van der Waals surface area contributed by atoms with Gasteiger partial charge in [0.05, 0.1) is 12.4 Å². The van der Waals surface area contributed by atoms with Gasteiger partial charge in [0.2, 0.25) is 0 Å². The Kier molecular flexibility index (Phi) is 3.08. The maximum atomic E-state index is 11.9. The number of carbonyl (C=O) groups excluding carboxylic acids is 1. The second kappa shape index (κ2) is 4.89. The molecule has 19 heavy (non-hydrogen) atoms. The predicted molar refractivity (Wildman–Crippen MR) is 71.1 cm³/mol. The Morgan fingerprint density at radius 1 is 1.32 bits per heavy atom. The fourth-order valence-electron chi connectivity index (χ4n) is 1.95. The van der Waals surface area contributed by atoms with E-state index in [0.717, 1.165) is 0 Å². The summed E-state index contributed by atoms with van der Waals surface area (Å²) in [6.45, 7) is 1.22. The van der Waals surface area contributed by atoms with Crippen LogP contribution in [0.4, 0.5) is 10.5 Å². The molecule has 1 saturated heterocycles. The van der Waals surface area contributed by atoms with E-state index in [1.165, 1.54) is 0 Å². The molecule has 0 unspecified atom stereocenters. The van der Waals surface area contributed by atoms with Gasteiger partial charge >= 0.3 is 6.03 Å². The first-order chi connectivity index (χ1) is 9.22. The van der Waals surface area contributed by atoms with E-state index in [9.17, 15) is 4.79 Å². The van der Waals surface area contributed by atoms with Gasteiger partial charge in [-0.2, -0.15) is 15.0 Å². The number of hydrogen-bond donors (Lipinski definition) is 1. The van der Waals surface area contributed by atoms with Crippen molar-refractivity contribution in [2.45, 2.75) is 6.04 Å². The average Bonchev–Trinajstić information content (AvgIpc) is 2.80. The number of anilines is 1. The molecular weight excluding hydrogens is 266 g/mol. The fraction of sp³-hybridized carbons (Fsp3) is 0.250. The molecule has 1 aromatic carbocycles. The number of amides is 2. The Bertz CT molecular complexity index is 580. The summed E-state index contributed by atoms with van der Waals surface area (Å²) in [4.78, 5) is 15.3. The van der Waals surface area contributed by atoms with Crippen LogP contribution in [-0.2, 0) is 0 Å². The van der Waals surface area contributed by atoms with Gasteiger partial charge in [0.15, 0.2) is 0 Å². The van der Waals surface area contributed by atoms with Crippen LogP contribution >= 0.6 is 11.6 Å². The maximum Gasteiger partial charge on any atom is 0.321 e. The first kappa shape index (κ1) is 12.0. The van der Waals surface area contributed by atoms with Crippen LogP contribution < -0.4 is 5.32 Å². The molecule has 6 nitrogen and oxygen atoms in total. The van der Waals surface area contributed by atoms with Crippen LogP contribution in [-0.4, -0.2) is 39.0 Å². The van der Waals surface area contributed by atoms with Crippen molar-refractivity contribution in [3.63, 3.8) is 0 Å². The smallest absolute Gasteiger partial charge is 0.320 e. The molecule has 1 aliphatic heterocycles. The number of nitrogens with zero attached hydrogens (tertiary/aromatic N) is 4. The normalized spacial score (nSPS) is 15.1. The highest BCUT2D eigenvalue weighted by molar-refractivity contribution is 6.30. The zero-order valence-corrected chi connectivity index (χ0v) is 10.8. The second-order valence-corrected chi connectivity index (χ2v) is 4.79. The van der Waals surface area contributed by atoms with Crippen molar-refractivity contribution in [3.8, 4) is 0 Å². The van der Waals surface area contributed by atoms with Crippen molar-refractivity contribution in [1.82, 2.24) is 19.9 Å². The number of urea groups is 1. The Morgan fingerprint density at radius 3 is 2.74 bits per heavy atom. The van der Waals surface area contributed by atoms with E-state index in [1.54, 1.807) is 46.4 Å². The van der Waals surface area contributed by atoms with Gasteiger partial charge in [0.25, 0.3) is 0 Å². The van der Waals surface area contributed by atoms with E-state index in [4.69, 9.17) is 11.6 Å². The summed E-state index contributed by atoms with van der Waals surface area (Å²) >= 11 is 5.86. The lowest BCUT2D eigenvalue weighted by atomic mass is 10.1. The van der Waals surface area contributed by atoms with Crippen molar-refractivity contribution in [2.75, 3.05) is 18.4 Å². The molecule has 0 aliphatic carbocycles. The van der Waals surface area contributed by atoms with Crippen LogP contribution in [0.5, 0.6) is 0 Å². The first-order valence-electron chi connectivity index (χ1n) is 5.89. The van der Waals surface area contributed by atoms with E-state index < -0.39 is 0 Å². The van der Waals surface area contributed by atoms with Crippen LogP contribution in [0, 0.1) is 0 Å². The molecule has 0 saturated carbocycles. The molecule has 1 aliphatic rings. The summed E-state index contributed by atoms with van der Waals surface area (Å²) in [7, 11) is 0. The van der Waals surface area contributed by atoms with Crippen molar-refractivity contribution in [1.29, 1.82) is 0 Å². The van der Waals surface area contributed by atoms with Crippen LogP contribution in [0.15, 0.2) is 36.7 Å². The van der Waals surface area contributed by atoms with Crippen molar-refractivity contribution in [2.24, 2.45) is 0 Å². The fourth-order valence-corrected chi connectivity index (χ4v) is 2.14. The molecule has 1 aromatic heterocycles. The summed E-state index contributed by atoms with van der Waals surface area (Å²) in [5.41, 5.74) is 0.693. The highest BCUT2D eigenvalue weighted by Gasteiger charge is 2.33. The van der Waals surface area contributed by atoms with Gasteiger partial charge in [-0.3, -0.25) is 0 Å². The maximum absolute atomic E-state index is 11.9. The lowest BCUT2D eigenvalue weighted by Gasteiger charge is -2.38. The molecule has 0 atom stereocenters. The number of likely N-dealkylation sites (tertiary alicyclic amines) is 1. The summed E-state index contributed by atoms with van der Waals surface area (Å²) in [5, 5.41) is 11.5. The van der Waals surface area contributed by atoms with E-state index >= 15 is 0 Å². The molecule has 0 spiro atoms. The van der Waals surface area contributed by atoms with Gasteiger partial charge in [0.1, 0.15) is 6.04 Å². The van der Waals surface area contributed by atoms with Crippen LogP contribution in [0.1, 0.15) is 6.04 Å². The van der Waals surface area contributed by atoms with Gasteiger partial charge in [-0.1, -0.05) is 17.7 Å². The number of halogens is 1. The van der Waals surface area contributed by atoms with E-state index in [2.05, 4.69) is 15.5 Å². The molecule has 1 fully saturated rings. The molecule has 0 radical (unpaired) electrons. The first-order valence-corrected chi connectivity index (χ1v) is 6.27. The molecule has 2 heterocycles. The van der Waals surface area contributed by atoms with Gasteiger partial charge in [-0.25, -0.2) is 4.79 Å². The van der Waals surface area contributed by atoms with Crippen molar-refractivity contribution >= 4 is 23.3 Å². The minimum atomic E-state index is -0.134. The summed E-state index contributed by atoms with van der Waals surface area (Å²) in [5.74, 6) is 0. The number of nitrogens with one attached hydrogen (secondary N) is 1. The van der Waals surface area contributed by atoms with Crippen LogP contribution in [0.3, 0.4) is 0 Å². The average molecular weight is 278 g/mol. The third kappa shape index (κ3) is 2.53. The molecule has 2 amide bonds. The standard InChI is InChI=1S/C12H12ClN5O/c13-9-2-1-3-10(6-9)16-12(19)17-7-11(8-17)18-14-4-5-15-18/h1-6,11H,7-8H2,(H,16,19). The summed E-state index contributed by atoms with van der Waals surface area (Å²) < 4.78 is 0. The minimum Gasteiger partial charge on any atom is -0.320 e. The Labute approximate surface area is 115 Å². The van der Waals surface area contributed by atoms with E-state index in [-0.39, 0.29) is 12.1 Å². The molecule has 98 valence electrons. The third-order valence-corrected chi connectivity index (χ3v) is 3.22. The SMILES string of the molecule is O=C(Nc1cccc(Cl)c1)N1CC(n2nccn2)C1. The number of rotatable bonds is 2. The zero-order chi connectivity index (χ0) is 13.2. The van der Waals surface area contributed by atoms with Crippen molar-refractivity contribution in [3.05, 3.63) is 41.7 Å². The molecule has 3 rings (SSSR count). The van der Waals surface area contributed by atoms with Gasteiger partial charge in [0, 0.05) is 23.8 Å². The molecule has 7 heteroatoms. The number of benzene rings is 1. The number of hydrogen-bond acceptors (Lipinski definition) is 3. The quantitative estimate of drug-likeness (QED) is 0.913. The minimum absolute atomic E-state index is 0.134. The van der Waals surface area contributed by atoms with Crippen molar-refractivity contribution < 1.29 is 4.79 Å².